The van der Waals surface area contributed by atoms with Crippen molar-refractivity contribution >= 4 is 39.8 Å². The second kappa shape index (κ2) is 10.8. The van der Waals surface area contributed by atoms with Gasteiger partial charge in [-0.25, -0.2) is 4.79 Å². The number of unbranched alkanes of at least 4 members (excludes halogenated alkanes) is 1. The van der Waals surface area contributed by atoms with Crippen molar-refractivity contribution in [3.8, 4) is 0 Å². The molecule has 0 amide bonds. The summed E-state index contributed by atoms with van der Waals surface area (Å²) in [4.78, 5) is 24.4. The van der Waals surface area contributed by atoms with Gasteiger partial charge >= 0.3 is 5.97 Å². The van der Waals surface area contributed by atoms with E-state index < -0.39 is 10.3 Å². The highest BCUT2D eigenvalue weighted by Gasteiger charge is 2.09. The van der Waals surface area contributed by atoms with Gasteiger partial charge in [0.15, 0.2) is 0 Å². The molecule has 0 aliphatic heterocycles. The average molecular weight is 423 g/mol. The van der Waals surface area contributed by atoms with Crippen molar-refractivity contribution in [1.82, 2.24) is 15.0 Å². The highest BCUT2D eigenvalue weighted by atomic mass is 32.3. The molecule has 29 heavy (non-hydrogen) atoms. The lowest BCUT2D eigenvalue weighted by atomic mass is 10.2. The van der Waals surface area contributed by atoms with E-state index in [2.05, 4.69) is 25.6 Å². The predicted molar refractivity (Wildman–Crippen MR) is 119 cm³/mol. The van der Waals surface area contributed by atoms with Crippen LogP contribution in [0.15, 0.2) is 24.3 Å². The van der Waals surface area contributed by atoms with Gasteiger partial charge in [-0.05, 0) is 55.4 Å². The average Bonchev–Trinajstić information content (AvgIpc) is 2.65. The van der Waals surface area contributed by atoms with Gasteiger partial charge in [-0.15, -0.1) is 10.3 Å². The molecule has 1 aromatic carbocycles. The van der Waals surface area contributed by atoms with Crippen LogP contribution in [0.5, 0.6) is 0 Å². The van der Waals surface area contributed by atoms with Gasteiger partial charge in [0.25, 0.3) is 0 Å². The Labute approximate surface area is 173 Å². The third-order valence-corrected chi connectivity index (χ3v) is 5.15. The van der Waals surface area contributed by atoms with Crippen LogP contribution in [0.2, 0.25) is 0 Å². The SMILES string of the molecule is CCCCOC(=O)c1ccc(Nc2nc(N)nc(NCCCS(C)(C)O)n2)cc1. The van der Waals surface area contributed by atoms with Gasteiger partial charge in [-0.2, -0.15) is 15.0 Å². The molecule has 160 valence electrons. The third-order valence-electron chi connectivity index (χ3n) is 3.86. The highest BCUT2D eigenvalue weighted by molar-refractivity contribution is 8.28. The Morgan fingerprint density at radius 3 is 2.48 bits per heavy atom. The minimum atomic E-state index is -1.52. The summed E-state index contributed by atoms with van der Waals surface area (Å²) < 4.78 is 15.0. The number of nitrogens with two attached hydrogens (primary N) is 1. The molecular formula is C19H30N6O3S. The molecule has 10 heteroatoms. The van der Waals surface area contributed by atoms with Crippen LogP contribution in [0.3, 0.4) is 0 Å². The van der Waals surface area contributed by atoms with Crippen molar-refractivity contribution < 1.29 is 14.1 Å². The number of esters is 1. The third kappa shape index (κ3) is 8.53. The zero-order chi connectivity index (χ0) is 21.3. The minimum Gasteiger partial charge on any atom is -0.462 e. The molecule has 1 aromatic heterocycles. The van der Waals surface area contributed by atoms with Gasteiger partial charge in [0.2, 0.25) is 17.8 Å². The molecule has 0 saturated carbocycles. The highest BCUT2D eigenvalue weighted by Crippen LogP contribution is 2.34. The van der Waals surface area contributed by atoms with Gasteiger partial charge in [-0.3, -0.25) is 0 Å². The standard InChI is InChI=1S/C19H30N6O3S/c1-4-5-12-28-16(26)14-7-9-15(10-8-14)22-19-24-17(20)23-18(25-19)21-11-6-13-29(2,3)27/h7-10,27H,4-6,11-13H2,1-3H3,(H4,20,21,22,23,24,25). The second-order valence-electron chi connectivity index (χ2n) is 7.00. The van der Waals surface area contributed by atoms with Crippen molar-refractivity contribution in [1.29, 1.82) is 0 Å². The van der Waals surface area contributed by atoms with Gasteiger partial charge in [0.05, 0.1) is 12.2 Å². The molecule has 2 rings (SSSR count). The summed E-state index contributed by atoms with van der Waals surface area (Å²) in [5.41, 5.74) is 6.96. The lowest BCUT2D eigenvalue weighted by molar-refractivity contribution is 0.0500. The fraction of sp³-hybridized carbons (Fsp3) is 0.474. The molecule has 0 aliphatic carbocycles. The van der Waals surface area contributed by atoms with Crippen LogP contribution in [0, 0.1) is 0 Å². The summed E-state index contributed by atoms with van der Waals surface area (Å²) in [6, 6.07) is 6.85. The Morgan fingerprint density at radius 1 is 1.14 bits per heavy atom. The van der Waals surface area contributed by atoms with Gasteiger partial charge in [-0.1, -0.05) is 13.3 Å². The Kier molecular flexibility index (Phi) is 8.47. The minimum absolute atomic E-state index is 0.0919. The Hall–Kier alpha value is -2.59. The van der Waals surface area contributed by atoms with E-state index in [9.17, 15) is 9.35 Å². The normalized spacial score (nSPS) is 11.7. The molecule has 0 unspecified atom stereocenters. The number of nitrogens with one attached hydrogen (secondary N) is 2. The van der Waals surface area contributed by atoms with E-state index in [1.165, 1.54) is 0 Å². The summed E-state index contributed by atoms with van der Waals surface area (Å²) >= 11 is 0. The van der Waals surface area contributed by atoms with Gasteiger partial charge in [0.1, 0.15) is 0 Å². The number of aromatic nitrogens is 3. The molecule has 0 bridgehead atoms. The van der Waals surface area contributed by atoms with E-state index >= 15 is 0 Å². The van der Waals surface area contributed by atoms with Crippen LogP contribution in [0.25, 0.3) is 0 Å². The smallest absolute Gasteiger partial charge is 0.338 e. The first-order valence-electron chi connectivity index (χ1n) is 9.50. The first kappa shape index (κ1) is 22.7. The summed E-state index contributed by atoms with van der Waals surface area (Å²) in [7, 11) is -1.52. The molecule has 9 nitrogen and oxygen atoms in total. The zero-order valence-electron chi connectivity index (χ0n) is 17.1. The summed E-state index contributed by atoms with van der Waals surface area (Å²) in [5.74, 6) is 1.15. The van der Waals surface area contributed by atoms with E-state index in [1.807, 2.05) is 19.4 Å². The number of rotatable bonds is 11. The van der Waals surface area contributed by atoms with Crippen molar-refractivity contribution in [3.05, 3.63) is 29.8 Å². The Balaban J connectivity index is 1.93. The van der Waals surface area contributed by atoms with Crippen molar-refractivity contribution in [2.24, 2.45) is 0 Å². The van der Waals surface area contributed by atoms with Crippen molar-refractivity contribution in [2.45, 2.75) is 26.2 Å². The number of anilines is 4. The van der Waals surface area contributed by atoms with Crippen molar-refractivity contribution in [2.75, 3.05) is 47.8 Å². The van der Waals surface area contributed by atoms with Gasteiger partial charge < -0.3 is 25.7 Å². The molecule has 0 radical (unpaired) electrons. The molecule has 0 fully saturated rings. The number of nitrogens with zero attached hydrogens (tertiary/aromatic N) is 3. The van der Waals surface area contributed by atoms with E-state index in [4.69, 9.17) is 10.5 Å². The number of ether oxygens (including phenoxy) is 1. The summed E-state index contributed by atoms with van der Waals surface area (Å²) in [6.07, 6.45) is 6.32. The van der Waals surface area contributed by atoms with Crippen LogP contribution in [-0.2, 0) is 4.74 Å². The lowest BCUT2D eigenvalue weighted by Crippen LogP contribution is -2.12. The molecule has 0 spiro atoms. The molecule has 5 N–H and O–H groups in total. The summed E-state index contributed by atoms with van der Waals surface area (Å²) in [5, 5.41) is 6.14. The van der Waals surface area contributed by atoms with E-state index in [0.717, 1.165) is 25.0 Å². The largest absolute Gasteiger partial charge is 0.462 e. The van der Waals surface area contributed by atoms with Crippen molar-refractivity contribution in [3.63, 3.8) is 0 Å². The zero-order valence-corrected chi connectivity index (χ0v) is 18.0. The van der Waals surface area contributed by atoms with Crippen LogP contribution in [0.4, 0.5) is 23.5 Å². The number of carbonyl (C=O) groups is 1. The fourth-order valence-electron chi connectivity index (χ4n) is 2.36. The molecule has 0 saturated heterocycles. The Bertz CT molecular complexity index is 796. The number of hydrogen-bond acceptors (Lipinski definition) is 9. The number of carbonyl (C=O) groups excluding carboxylic acids is 1. The van der Waals surface area contributed by atoms with Crippen LogP contribution >= 0.6 is 10.3 Å². The maximum Gasteiger partial charge on any atom is 0.338 e. The Morgan fingerprint density at radius 2 is 1.83 bits per heavy atom. The molecule has 2 aromatic rings. The lowest BCUT2D eigenvalue weighted by Gasteiger charge is -2.22. The quantitative estimate of drug-likeness (QED) is 0.317. The number of nitrogen functional groups attached to an aromatic ring is 1. The second-order valence-corrected chi connectivity index (χ2v) is 10.4. The molecular weight excluding hydrogens is 392 g/mol. The maximum absolute atomic E-state index is 12.0. The topological polar surface area (TPSA) is 135 Å². The van der Waals surface area contributed by atoms with Crippen LogP contribution in [0.1, 0.15) is 36.5 Å². The first-order valence-corrected chi connectivity index (χ1v) is 12.1. The number of benzene rings is 1. The van der Waals surface area contributed by atoms with Gasteiger partial charge in [0, 0.05) is 12.2 Å². The van der Waals surface area contributed by atoms with E-state index in [0.29, 0.717) is 36.3 Å². The van der Waals surface area contributed by atoms with Crippen LogP contribution in [-0.4, -0.2) is 56.9 Å². The number of hydrogen-bond donors (Lipinski definition) is 4. The van der Waals surface area contributed by atoms with Crippen LogP contribution < -0.4 is 16.4 Å². The fourth-order valence-corrected chi connectivity index (χ4v) is 3.21. The molecule has 0 aliphatic rings. The molecule has 1 heterocycles. The maximum atomic E-state index is 12.0. The molecule has 0 atom stereocenters. The van der Waals surface area contributed by atoms with E-state index in [-0.39, 0.29) is 11.9 Å². The summed E-state index contributed by atoms with van der Waals surface area (Å²) in [6.45, 7) is 3.08. The predicted octanol–water partition coefficient (Wildman–Crippen LogP) is 3.49. The monoisotopic (exact) mass is 422 g/mol. The van der Waals surface area contributed by atoms with E-state index in [1.54, 1.807) is 24.3 Å². The first-order chi connectivity index (χ1) is 13.8.